The van der Waals surface area contributed by atoms with E-state index >= 15 is 0 Å². The highest BCUT2D eigenvalue weighted by atomic mass is 32.2. The summed E-state index contributed by atoms with van der Waals surface area (Å²) in [5.74, 6) is 0.596. The number of nitrogens with zero attached hydrogens (tertiary/aromatic N) is 2. The van der Waals surface area contributed by atoms with Crippen LogP contribution in [-0.4, -0.2) is 33.1 Å². The van der Waals surface area contributed by atoms with Crippen molar-refractivity contribution in [2.45, 2.75) is 19.4 Å². The summed E-state index contributed by atoms with van der Waals surface area (Å²) in [6.07, 6.45) is 1.48. The van der Waals surface area contributed by atoms with Crippen LogP contribution >= 0.6 is 0 Å². The number of anilines is 2. The molecule has 142 valence electrons. The number of hydrogen-bond donors (Lipinski definition) is 4. The number of hydrogen-bond acceptors (Lipinski definition) is 6. The van der Waals surface area contributed by atoms with Crippen LogP contribution in [0.25, 0.3) is 0 Å². The lowest BCUT2D eigenvalue weighted by Gasteiger charge is -2.27. The molecule has 0 radical (unpaired) electrons. The summed E-state index contributed by atoms with van der Waals surface area (Å²) in [5, 5.41) is 2.90. The van der Waals surface area contributed by atoms with Crippen LogP contribution in [0.2, 0.25) is 0 Å². The third-order valence-electron chi connectivity index (χ3n) is 3.74. The molecular formula is C17H20N6O3S. The van der Waals surface area contributed by atoms with Crippen LogP contribution in [0.3, 0.4) is 0 Å². The van der Waals surface area contributed by atoms with Gasteiger partial charge >= 0.3 is 0 Å². The molecule has 0 saturated carbocycles. The number of aromatic nitrogens is 1. The van der Waals surface area contributed by atoms with Gasteiger partial charge in [-0.2, -0.15) is 4.40 Å². The van der Waals surface area contributed by atoms with Gasteiger partial charge in [-0.25, -0.2) is 9.19 Å². The summed E-state index contributed by atoms with van der Waals surface area (Å²) in [6.45, 7) is 3.83. The van der Waals surface area contributed by atoms with E-state index in [4.69, 9.17) is 16.2 Å². The van der Waals surface area contributed by atoms with E-state index in [9.17, 15) is 9.00 Å². The molecule has 10 heteroatoms. The van der Waals surface area contributed by atoms with E-state index in [0.717, 1.165) is 0 Å². The minimum Gasteiger partial charge on any atom is -0.490 e. The van der Waals surface area contributed by atoms with Crippen LogP contribution in [0.4, 0.5) is 11.5 Å². The van der Waals surface area contributed by atoms with Crippen molar-refractivity contribution in [2.75, 3.05) is 17.1 Å². The molecule has 6 N–H and O–H groups in total. The molecule has 0 spiro atoms. The van der Waals surface area contributed by atoms with Crippen LogP contribution in [0.1, 0.15) is 29.8 Å². The predicted octanol–water partition coefficient (Wildman–Crippen LogP) is 0.961. The average Bonchev–Trinajstić information content (AvgIpc) is 2.59. The van der Waals surface area contributed by atoms with E-state index in [1.807, 2.05) is 13.8 Å². The van der Waals surface area contributed by atoms with Crippen LogP contribution in [0.15, 0.2) is 40.9 Å². The van der Waals surface area contributed by atoms with E-state index in [1.165, 1.54) is 12.3 Å². The van der Waals surface area contributed by atoms with Gasteiger partial charge in [0.05, 0.1) is 16.8 Å². The van der Waals surface area contributed by atoms with E-state index in [-0.39, 0.29) is 24.2 Å². The second-order valence-corrected chi connectivity index (χ2v) is 7.49. The average molecular weight is 388 g/mol. The number of amidine groups is 1. The first-order valence-electron chi connectivity index (χ1n) is 8.08. The highest BCUT2D eigenvalue weighted by Gasteiger charge is 2.25. The highest BCUT2D eigenvalue weighted by molar-refractivity contribution is 7.85. The number of nitrogens with one attached hydrogen (secondary N) is 2. The van der Waals surface area contributed by atoms with Crippen molar-refractivity contribution >= 4 is 34.4 Å². The molecule has 1 amide bonds. The summed E-state index contributed by atoms with van der Waals surface area (Å²) < 4.78 is 24.0. The smallest absolute Gasteiger partial charge is 0.252 e. The van der Waals surface area contributed by atoms with E-state index < -0.39 is 16.7 Å². The zero-order valence-electron chi connectivity index (χ0n) is 14.9. The zero-order chi connectivity index (χ0) is 19.6. The molecule has 3 rings (SSSR count). The molecule has 0 bridgehead atoms. The fraction of sp³-hybridized carbons (Fsp3) is 0.235. The molecular weight excluding hydrogens is 368 g/mol. The van der Waals surface area contributed by atoms with Crippen molar-refractivity contribution in [3.8, 4) is 5.75 Å². The molecule has 1 aromatic heterocycles. The monoisotopic (exact) mass is 388 g/mol. The number of nitrogen functional groups attached to an aromatic ring is 1. The maximum atomic E-state index is 12.4. The Morgan fingerprint density at radius 2 is 2.11 bits per heavy atom. The van der Waals surface area contributed by atoms with Gasteiger partial charge in [-0.3, -0.25) is 9.52 Å². The Hall–Kier alpha value is -3.14. The molecule has 0 aliphatic carbocycles. The largest absolute Gasteiger partial charge is 0.490 e. The summed E-state index contributed by atoms with van der Waals surface area (Å²) >= 11 is -1.61. The maximum Gasteiger partial charge on any atom is 0.252 e. The van der Waals surface area contributed by atoms with Gasteiger partial charge in [-0.05, 0) is 38.1 Å². The van der Waals surface area contributed by atoms with Gasteiger partial charge in [0.15, 0.2) is 0 Å². The maximum absolute atomic E-state index is 12.4. The molecule has 0 fully saturated rings. The normalized spacial score (nSPS) is 15.9. The molecule has 0 saturated heterocycles. The topological polar surface area (TPSA) is 145 Å². The highest BCUT2D eigenvalue weighted by Crippen LogP contribution is 2.30. The first-order valence-corrected chi connectivity index (χ1v) is 9.19. The summed E-state index contributed by atoms with van der Waals surface area (Å²) in [4.78, 5) is 16.3. The third kappa shape index (κ3) is 4.34. The van der Waals surface area contributed by atoms with Gasteiger partial charge in [0.1, 0.15) is 24.0 Å². The first-order chi connectivity index (χ1) is 12.7. The molecule has 1 unspecified atom stereocenters. The van der Waals surface area contributed by atoms with Crippen molar-refractivity contribution in [3.05, 3.63) is 47.7 Å². The summed E-state index contributed by atoms with van der Waals surface area (Å²) in [5.41, 5.74) is 12.4. The van der Waals surface area contributed by atoms with Crippen molar-refractivity contribution in [2.24, 2.45) is 10.1 Å². The second-order valence-electron chi connectivity index (χ2n) is 6.60. The minimum absolute atomic E-state index is 0.131. The molecule has 1 atom stereocenters. The van der Waals surface area contributed by atoms with Crippen molar-refractivity contribution in [3.63, 3.8) is 0 Å². The Morgan fingerprint density at radius 3 is 2.85 bits per heavy atom. The van der Waals surface area contributed by atoms with Gasteiger partial charge in [0.25, 0.3) is 5.91 Å². The van der Waals surface area contributed by atoms with Crippen LogP contribution in [0, 0.1) is 0 Å². The molecule has 2 aromatic rings. The SMILES string of the molecule is CC(C)(COc1cccc2c1C(N)=NS(=O)N2)NC(=O)c1ccnc(N)c1. The van der Waals surface area contributed by atoms with Crippen LogP contribution in [-0.2, 0) is 11.2 Å². The summed E-state index contributed by atoms with van der Waals surface area (Å²) in [7, 11) is 0. The molecule has 1 aliphatic rings. The number of ether oxygens (including phenoxy) is 1. The fourth-order valence-electron chi connectivity index (χ4n) is 2.52. The number of carbonyl (C=O) groups is 1. The Labute approximate surface area is 158 Å². The van der Waals surface area contributed by atoms with Gasteiger partial charge in [0, 0.05) is 11.8 Å². The van der Waals surface area contributed by atoms with Gasteiger partial charge < -0.3 is 21.5 Å². The van der Waals surface area contributed by atoms with Crippen molar-refractivity contribution < 1.29 is 13.7 Å². The Bertz CT molecular complexity index is 944. The quantitative estimate of drug-likeness (QED) is 0.600. The summed E-state index contributed by atoms with van der Waals surface area (Å²) in [6, 6.07) is 8.31. The van der Waals surface area contributed by atoms with Gasteiger partial charge in [0.2, 0.25) is 11.2 Å². The number of fused-ring (bicyclic) bond motifs is 1. The van der Waals surface area contributed by atoms with Crippen molar-refractivity contribution in [1.82, 2.24) is 10.3 Å². The zero-order valence-corrected chi connectivity index (χ0v) is 15.7. The second kappa shape index (κ2) is 7.23. The van der Waals surface area contributed by atoms with Crippen LogP contribution in [0.5, 0.6) is 5.75 Å². The molecule has 1 aromatic carbocycles. The first kappa shape index (κ1) is 18.6. The molecule has 1 aliphatic heterocycles. The number of rotatable bonds is 5. The number of pyridine rings is 1. The number of carbonyl (C=O) groups excluding carboxylic acids is 1. The van der Waals surface area contributed by atoms with Crippen molar-refractivity contribution in [1.29, 1.82) is 0 Å². The number of nitrogens with two attached hydrogens (primary N) is 2. The molecule has 27 heavy (non-hydrogen) atoms. The lowest BCUT2D eigenvalue weighted by atomic mass is 10.1. The van der Waals surface area contributed by atoms with Gasteiger partial charge in [-0.1, -0.05) is 6.07 Å². The Kier molecular flexibility index (Phi) is 5.00. The molecule has 2 heterocycles. The number of amides is 1. The number of benzene rings is 1. The standard InChI is InChI=1S/C17H20N6O3S/c1-17(2,21-16(24)10-6-7-20-13(18)8-10)9-26-12-5-3-4-11-14(12)15(19)23-27(25)22-11/h3-8,22H,9H2,1-2H3,(H2,18,20)(H2,19,23)(H,21,24). The van der Waals surface area contributed by atoms with E-state index in [1.54, 1.807) is 24.3 Å². The minimum atomic E-state index is -1.61. The van der Waals surface area contributed by atoms with E-state index in [0.29, 0.717) is 22.6 Å². The van der Waals surface area contributed by atoms with E-state index in [2.05, 4.69) is 19.4 Å². The van der Waals surface area contributed by atoms with Gasteiger partial charge in [-0.15, -0.1) is 0 Å². The Balaban J connectivity index is 1.72. The lowest BCUT2D eigenvalue weighted by Crippen LogP contribution is -2.48. The van der Waals surface area contributed by atoms with Crippen LogP contribution < -0.4 is 26.2 Å². The third-order valence-corrected chi connectivity index (χ3v) is 4.50. The Morgan fingerprint density at radius 1 is 1.33 bits per heavy atom. The molecule has 9 nitrogen and oxygen atoms in total. The predicted molar refractivity (Wildman–Crippen MR) is 105 cm³/mol. The lowest BCUT2D eigenvalue weighted by molar-refractivity contribution is 0.0880. The fourth-order valence-corrected chi connectivity index (χ4v) is 3.19.